The molecule has 0 amide bonds. The molecule has 0 aromatic heterocycles. The van der Waals surface area contributed by atoms with Crippen LogP contribution in [0.5, 0.6) is 0 Å². The molecular weight excluding hydrogens is 248 g/mol. The summed E-state index contributed by atoms with van der Waals surface area (Å²) in [6, 6.07) is 0. The molecule has 0 heterocycles. The fourth-order valence-electron chi connectivity index (χ4n) is 2.17. The topological polar surface area (TPSA) is 37.3 Å². The van der Waals surface area contributed by atoms with Crippen molar-refractivity contribution < 1.29 is 9.90 Å². The zero-order valence-corrected chi connectivity index (χ0v) is 13.2. The summed E-state index contributed by atoms with van der Waals surface area (Å²) in [5.74, 6) is -0.663. The summed E-state index contributed by atoms with van der Waals surface area (Å²) in [6.45, 7) is 2.15. The van der Waals surface area contributed by atoms with Crippen LogP contribution in [0.25, 0.3) is 0 Å². The van der Waals surface area contributed by atoms with Gasteiger partial charge in [0.25, 0.3) is 0 Å². The van der Waals surface area contributed by atoms with E-state index >= 15 is 0 Å². The van der Waals surface area contributed by atoms with Gasteiger partial charge >= 0.3 is 5.97 Å². The first-order valence-electron chi connectivity index (χ1n) is 8.30. The van der Waals surface area contributed by atoms with Gasteiger partial charge in [-0.1, -0.05) is 76.2 Å². The minimum atomic E-state index is -0.663. The predicted molar refractivity (Wildman–Crippen MR) is 87.0 cm³/mol. The van der Waals surface area contributed by atoms with Crippen LogP contribution in [-0.2, 0) is 4.79 Å². The predicted octanol–water partition coefficient (Wildman–Crippen LogP) is 5.88. The van der Waals surface area contributed by atoms with Crippen LogP contribution in [0.1, 0.15) is 84.0 Å². The standard InChI is InChI=1S/C18H32O2/c1-2-3-4-5-6-7-8-9-10-11-12-13-14-15-16-17-18(19)20/h3-6H,2,7-17H2,1H3,(H,19,20)/b4-3-,6-5+. The van der Waals surface area contributed by atoms with Crippen LogP contribution in [0.3, 0.4) is 0 Å². The molecule has 0 bridgehead atoms. The molecule has 0 rings (SSSR count). The summed E-state index contributed by atoms with van der Waals surface area (Å²) < 4.78 is 0. The minimum Gasteiger partial charge on any atom is -0.481 e. The molecule has 0 saturated carbocycles. The van der Waals surface area contributed by atoms with E-state index in [0.29, 0.717) is 6.42 Å². The first-order valence-corrected chi connectivity index (χ1v) is 8.30. The van der Waals surface area contributed by atoms with Crippen molar-refractivity contribution in [3.63, 3.8) is 0 Å². The molecule has 20 heavy (non-hydrogen) atoms. The Morgan fingerprint density at radius 1 is 0.800 bits per heavy atom. The lowest BCUT2D eigenvalue weighted by Gasteiger charge is -2.01. The van der Waals surface area contributed by atoms with Crippen LogP contribution < -0.4 is 0 Å². The molecule has 0 aromatic carbocycles. The van der Waals surface area contributed by atoms with Crippen molar-refractivity contribution in [2.24, 2.45) is 0 Å². The number of hydrogen-bond donors (Lipinski definition) is 1. The lowest BCUT2D eigenvalue weighted by Crippen LogP contribution is -1.93. The highest BCUT2D eigenvalue weighted by Crippen LogP contribution is 2.11. The first kappa shape index (κ1) is 18.9. The molecule has 116 valence electrons. The number of carbonyl (C=O) groups is 1. The fourth-order valence-corrected chi connectivity index (χ4v) is 2.17. The summed E-state index contributed by atoms with van der Waals surface area (Å²) in [6.07, 6.45) is 22.3. The Morgan fingerprint density at radius 2 is 1.30 bits per heavy atom. The van der Waals surface area contributed by atoms with E-state index in [1.165, 1.54) is 51.4 Å². The van der Waals surface area contributed by atoms with Gasteiger partial charge in [0.05, 0.1) is 0 Å². The van der Waals surface area contributed by atoms with E-state index in [4.69, 9.17) is 5.11 Å². The number of hydrogen-bond acceptors (Lipinski definition) is 1. The van der Waals surface area contributed by atoms with E-state index in [1.54, 1.807) is 0 Å². The monoisotopic (exact) mass is 280 g/mol. The van der Waals surface area contributed by atoms with Crippen molar-refractivity contribution in [1.82, 2.24) is 0 Å². The van der Waals surface area contributed by atoms with Gasteiger partial charge in [-0.25, -0.2) is 0 Å². The maximum absolute atomic E-state index is 10.3. The molecule has 0 atom stereocenters. The van der Waals surface area contributed by atoms with E-state index in [1.807, 2.05) is 0 Å². The third-order valence-electron chi connectivity index (χ3n) is 3.38. The summed E-state index contributed by atoms with van der Waals surface area (Å²) in [7, 11) is 0. The average Bonchev–Trinajstić information content (AvgIpc) is 2.43. The zero-order valence-electron chi connectivity index (χ0n) is 13.2. The van der Waals surface area contributed by atoms with Gasteiger partial charge in [-0.2, -0.15) is 0 Å². The molecule has 0 aliphatic heterocycles. The average molecular weight is 280 g/mol. The Labute approximate surface area is 125 Å². The maximum atomic E-state index is 10.3. The normalized spacial score (nSPS) is 11.7. The van der Waals surface area contributed by atoms with Crippen molar-refractivity contribution >= 4 is 5.97 Å². The molecule has 0 aliphatic carbocycles. The van der Waals surface area contributed by atoms with E-state index in [9.17, 15) is 4.79 Å². The number of rotatable bonds is 14. The van der Waals surface area contributed by atoms with Crippen molar-refractivity contribution in [3.8, 4) is 0 Å². The first-order chi connectivity index (χ1) is 9.77. The quantitative estimate of drug-likeness (QED) is 0.318. The second-order valence-electron chi connectivity index (χ2n) is 5.38. The largest absolute Gasteiger partial charge is 0.481 e. The molecule has 0 unspecified atom stereocenters. The summed E-state index contributed by atoms with van der Waals surface area (Å²) in [4.78, 5) is 10.3. The van der Waals surface area contributed by atoms with E-state index < -0.39 is 5.97 Å². The van der Waals surface area contributed by atoms with Crippen LogP contribution in [0, 0.1) is 0 Å². The van der Waals surface area contributed by atoms with Crippen molar-refractivity contribution in [3.05, 3.63) is 24.3 Å². The fraction of sp³-hybridized carbons (Fsp3) is 0.722. The molecule has 0 aliphatic rings. The number of unbranched alkanes of at least 4 members (excludes halogenated alkanes) is 9. The van der Waals surface area contributed by atoms with Gasteiger partial charge in [0.1, 0.15) is 0 Å². The smallest absolute Gasteiger partial charge is 0.303 e. The molecule has 2 heteroatoms. The number of carboxylic acid groups (broad SMARTS) is 1. The second-order valence-corrected chi connectivity index (χ2v) is 5.38. The highest BCUT2D eigenvalue weighted by atomic mass is 16.4. The lowest BCUT2D eigenvalue weighted by molar-refractivity contribution is -0.137. The number of carboxylic acids is 1. The Morgan fingerprint density at radius 3 is 1.85 bits per heavy atom. The SMILES string of the molecule is CC/C=C\C=C\CCCCCCCCCCCC(=O)O. The molecule has 0 aromatic rings. The Balaban J connectivity index is 3.08. The summed E-state index contributed by atoms with van der Waals surface area (Å²) in [5.41, 5.74) is 0. The van der Waals surface area contributed by atoms with E-state index in [0.717, 1.165) is 19.3 Å². The Bertz CT molecular complexity index is 267. The van der Waals surface area contributed by atoms with E-state index in [-0.39, 0.29) is 0 Å². The molecule has 0 radical (unpaired) electrons. The molecular formula is C18H32O2. The third kappa shape index (κ3) is 16.9. The molecule has 2 nitrogen and oxygen atoms in total. The van der Waals surface area contributed by atoms with Gasteiger partial charge < -0.3 is 5.11 Å². The second kappa shape index (κ2) is 16.0. The number of aliphatic carboxylic acids is 1. The van der Waals surface area contributed by atoms with Crippen molar-refractivity contribution in [2.45, 2.75) is 84.0 Å². The van der Waals surface area contributed by atoms with Crippen LogP contribution in [0.4, 0.5) is 0 Å². The van der Waals surface area contributed by atoms with Crippen LogP contribution in [-0.4, -0.2) is 11.1 Å². The van der Waals surface area contributed by atoms with Gasteiger partial charge in [-0.05, 0) is 25.7 Å². The number of allylic oxidation sites excluding steroid dienone is 4. The van der Waals surface area contributed by atoms with Crippen LogP contribution in [0.15, 0.2) is 24.3 Å². The highest BCUT2D eigenvalue weighted by molar-refractivity contribution is 5.66. The van der Waals surface area contributed by atoms with Gasteiger partial charge in [0.15, 0.2) is 0 Å². The Kier molecular flexibility index (Phi) is 15.2. The van der Waals surface area contributed by atoms with Gasteiger partial charge in [0.2, 0.25) is 0 Å². The van der Waals surface area contributed by atoms with Crippen molar-refractivity contribution in [1.29, 1.82) is 0 Å². The summed E-state index contributed by atoms with van der Waals surface area (Å²) >= 11 is 0. The minimum absolute atomic E-state index is 0.334. The van der Waals surface area contributed by atoms with Gasteiger partial charge in [0, 0.05) is 6.42 Å². The van der Waals surface area contributed by atoms with E-state index in [2.05, 4.69) is 31.2 Å². The van der Waals surface area contributed by atoms with Gasteiger partial charge in [-0.15, -0.1) is 0 Å². The molecule has 0 fully saturated rings. The van der Waals surface area contributed by atoms with Gasteiger partial charge in [-0.3, -0.25) is 4.79 Å². The molecule has 0 saturated heterocycles. The highest BCUT2D eigenvalue weighted by Gasteiger charge is 1.96. The maximum Gasteiger partial charge on any atom is 0.303 e. The Hall–Kier alpha value is -1.05. The summed E-state index contributed by atoms with van der Waals surface area (Å²) in [5, 5.41) is 8.51. The van der Waals surface area contributed by atoms with Crippen LogP contribution in [0.2, 0.25) is 0 Å². The lowest BCUT2D eigenvalue weighted by atomic mass is 10.1. The van der Waals surface area contributed by atoms with Crippen molar-refractivity contribution in [2.75, 3.05) is 0 Å². The molecule has 0 spiro atoms. The third-order valence-corrected chi connectivity index (χ3v) is 3.38. The zero-order chi connectivity index (χ0) is 14.9. The van der Waals surface area contributed by atoms with Crippen LogP contribution >= 0.6 is 0 Å². The molecule has 1 N–H and O–H groups in total.